The van der Waals surface area contributed by atoms with Crippen LogP contribution < -0.4 is 4.90 Å². The van der Waals surface area contributed by atoms with Crippen LogP contribution in [0.1, 0.15) is 0 Å². The molecule has 0 aliphatic carbocycles. The van der Waals surface area contributed by atoms with Crippen LogP contribution in [0, 0.1) is 0 Å². The van der Waals surface area contributed by atoms with Crippen LogP contribution >= 0.6 is 23.2 Å². The third kappa shape index (κ3) is 1.80. The number of aromatic hydroxyl groups is 1. The van der Waals surface area contributed by atoms with Crippen LogP contribution in [0.4, 0.5) is 5.69 Å². The van der Waals surface area contributed by atoms with Gasteiger partial charge in [-0.25, -0.2) is 0 Å². The van der Waals surface area contributed by atoms with Crippen molar-refractivity contribution in [3.05, 3.63) is 34.3 Å². The van der Waals surface area contributed by atoms with Crippen molar-refractivity contribution in [2.45, 2.75) is 0 Å². The first-order valence-corrected chi connectivity index (χ1v) is 5.01. The number of hydrogen-bond donors (Lipinski definition) is 1. The lowest BCUT2D eigenvalue weighted by Crippen LogP contribution is -2.24. The standard InChI is InChI=1S/C10H7Cl2NO2/c11-7-4-6(5-8(14)10(7)12)13-3-1-2-9(13)15/h1-2,4-5,14H,3H2. The number of hydrogen-bond acceptors (Lipinski definition) is 2. The Bertz CT molecular complexity index is 434. The molecule has 0 aromatic heterocycles. The fourth-order valence-electron chi connectivity index (χ4n) is 1.39. The molecule has 0 saturated heterocycles. The molecule has 1 amide bonds. The van der Waals surface area contributed by atoms with Crippen LogP contribution in [-0.4, -0.2) is 17.6 Å². The molecule has 0 fully saturated rings. The van der Waals surface area contributed by atoms with Gasteiger partial charge >= 0.3 is 0 Å². The molecule has 78 valence electrons. The van der Waals surface area contributed by atoms with Crippen molar-refractivity contribution in [3.63, 3.8) is 0 Å². The van der Waals surface area contributed by atoms with Crippen molar-refractivity contribution >= 4 is 34.8 Å². The first-order chi connectivity index (χ1) is 7.09. The van der Waals surface area contributed by atoms with Crippen molar-refractivity contribution in [1.82, 2.24) is 0 Å². The Labute approximate surface area is 96.5 Å². The van der Waals surface area contributed by atoms with Gasteiger partial charge in [0.25, 0.3) is 5.91 Å². The zero-order valence-electron chi connectivity index (χ0n) is 7.58. The summed E-state index contributed by atoms with van der Waals surface area (Å²) in [5.41, 5.74) is 0.539. The summed E-state index contributed by atoms with van der Waals surface area (Å²) in [6, 6.07) is 2.97. The highest BCUT2D eigenvalue weighted by Gasteiger charge is 2.18. The summed E-state index contributed by atoms with van der Waals surface area (Å²) < 4.78 is 0. The first-order valence-electron chi connectivity index (χ1n) is 4.25. The van der Waals surface area contributed by atoms with Crippen molar-refractivity contribution < 1.29 is 9.90 Å². The number of phenols is 1. The molecular formula is C10H7Cl2NO2. The molecule has 5 heteroatoms. The molecule has 0 spiro atoms. The number of amides is 1. The number of anilines is 1. The van der Waals surface area contributed by atoms with Gasteiger partial charge in [0, 0.05) is 24.4 Å². The van der Waals surface area contributed by atoms with Crippen LogP contribution in [0.5, 0.6) is 5.75 Å². The maximum atomic E-state index is 11.4. The average Bonchev–Trinajstić information content (AvgIpc) is 2.60. The van der Waals surface area contributed by atoms with Crippen molar-refractivity contribution in [1.29, 1.82) is 0 Å². The van der Waals surface area contributed by atoms with Gasteiger partial charge in [-0.15, -0.1) is 0 Å². The van der Waals surface area contributed by atoms with E-state index in [2.05, 4.69) is 0 Å². The second kappa shape index (κ2) is 3.76. The Hall–Kier alpha value is -1.19. The molecule has 15 heavy (non-hydrogen) atoms. The van der Waals surface area contributed by atoms with Crippen LogP contribution in [-0.2, 0) is 4.79 Å². The Kier molecular flexibility index (Phi) is 2.59. The molecule has 0 saturated carbocycles. The van der Waals surface area contributed by atoms with E-state index in [9.17, 15) is 9.90 Å². The number of rotatable bonds is 1. The summed E-state index contributed by atoms with van der Waals surface area (Å²) in [5.74, 6) is -0.258. The lowest BCUT2D eigenvalue weighted by atomic mass is 10.2. The maximum absolute atomic E-state index is 11.4. The molecule has 0 atom stereocenters. The summed E-state index contributed by atoms with van der Waals surface area (Å²) in [4.78, 5) is 12.9. The topological polar surface area (TPSA) is 40.5 Å². The highest BCUT2D eigenvalue weighted by atomic mass is 35.5. The monoisotopic (exact) mass is 243 g/mol. The predicted octanol–water partition coefficient (Wildman–Crippen LogP) is 2.60. The molecule has 1 aliphatic heterocycles. The Morgan fingerprint density at radius 1 is 1.33 bits per heavy atom. The SMILES string of the molecule is O=C1C=CCN1c1cc(O)c(Cl)c(Cl)c1. The normalized spacial score (nSPS) is 15.1. The third-order valence-corrected chi connectivity index (χ3v) is 2.91. The van der Waals surface area contributed by atoms with Gasteiger partial charge in [0.05, 0.1) is 5.02 Å². The molecule has 1 heterocycles. The van der Waals surface area contributed by atoms with E-state index in [-0.39, 0.29) is 21.7 Å². The minimum atomic E-state index is -0.132. The summed E-state index contributed by atoms with van der Waals surface area (Å²) in [5, 5.41) is 9.78. The highest BCUT2D eigenvalue weighted by Crippen LogP contribution is 2.36. The molecule has 1 aromatic rings. The minimum Gasteiger partial charge on any atom is -0.506 e. The predicted molar refractivity (Wildman–Crippen MR) is 59.6 cm³/mol. The summed E-state index contributed by atoms with van der Waals surface area (Å²) >= 11 is 11.5. The molecule has 1 N–H and O–H groups in total. The van der Waals surface area contributed by atoms with E-state index in [1.165, 1.54) is 17.0 Å². The van der Waals surface area contributed by atoms with Gasteiger partial charge in [0.2, 0.25) is 0 Å². The van der Waals surface area contributed by atoms with Crippen LogP contribution in [0.15, 0.2) is 24.3 Å². The van der Waals surface area contributed by atoms with E-state index in [1.807, 2.05) is 0 Å². The number of halogens is 2. The zero-order chi connectivity index (χ0) is 11.0. The lowest BCUT2D eigenvalue weighted by Gasteiger charge is -2.16. The molecular weight excluding hydrogens is 237 g/mol. The average molecular weight is 244 g/mol. The van der Waals surface area contributed by atoms with Crippen LogP contribution in [0.2, 0.25) is 10.0 Å². The van der Waals surface area contributed by atoms with E-state index in [4.69, 9.17) is 23.2 Å². The zero-order valence-corrected chi connectivity index (χ0v) is 9.09. The quantitative estimate of drug-likeness (QED) is 0.824. The first kappa shape index (κ1) is 10.3. The molecule has 0 radical (unpaired) electrons. The van der Waals surface area contributed by atoms with Gasteiger partial charge in [-0.1, -0.05) is 29.3 Å². The third-order valence-electron chi connectivity index (χ3n) is 2.12. The Morgan fingerprint density at radius 3 is 2.60 bits per heavy atom. The van der Waals surface area contributed by atoms with Gasteiger partial charge in [-0.3, -0.25) is 4.79 Å². The molecule has 1 aliphatic rings. The molecule has 2 rings (SSSR count). The van der Waals surface area contributed by atoms with Crippen LogP contribution in [0.25, 0.3) is 0 Å². The van der Waals surface area contributed by atoms with Gasteiger partial charge < -0.3 is 10.0 Å². The summed E-state index contributed by atoms with van der Waals surface area (Å²) in [6.45, 7) is 0.482. The number of carbonyl (C=O) groups excluding carboxylic acids is 1. The van der Waals surface area contributed by atoms with E-state index < -0.39 is 0 Å². The van der Waals surface area contributed by atoms with Gasteiger partial charge in [-0.05, 0) is 6.07 Å². The van der Waals surface area contributed by atoms with Crippen molar-refractivity contribution in [3.8, 4) is 5.75 Å². The number of nitrogens with zero attached hydrogens (tertiary/aromatic N) is 1. The lowest BCUT2D eigenvalue weighted by molar-refractivity contribution is -0.113. The molecule has 0 bridgehead atoms. The molecule has 3 nitrogen and oxygen atoms in total. The molecule has 0 unspecified atom stereocenters. The number of benzene rings is 1. The Balaban J connectivity index is 2.42. The smallest absolute Gasteiger partial charge is 0.251 e. The van der Waals surface area contributed by atoms with Crippen LogP contribution in [0.3, 0.4) is 0 Å². The van der Waals surface area contributed by atoms with Gasteiger partial charge in [0.15, 0.2) is 0 Å². The summed E-state index contributed by atoms with van der Waals surface area (Å²) in [6.07, 6.45) is 3.21. The second-order valence-corrected chi connectivity index (χ2v) is 3.90. The fourth-order valence-corrected chi connectivity index (χ4v) is 1.71. The minimum absolute atomic E-state index is 0.0972. The van der Waals surface area contributed by atoms with Gasteiger partial charge in [0.1, 0.15) is 10.8 Å². The molecule has 1 aromatic carbocycles. The van der Waals surface area contributed by atoms with E-state index in [0.29, 0.717) is 12.2 Å². The van der Waals surface area contributed by atoms with E-state index in [1.54, 1.807) is 12.1 Å². The summed E-state index contributed by atoms with van der Waals surface area (Å²) in [7, 11) is 0. The van der Waals surface area contributed by atoms with Gasteiger partial charge in [-0.2, -0.15) is 0 Å². The fraction of sp³-hybridized carbons (Fsp3) is 0.100. The van der Waals surface area contributed by atoms with E-state index >= 15 is 0 Å². The second-order valence-electron chi connectivity index (χ2n) is 3.11. The highest BCUT2D eigenvalue weighted by molar-refractivity contribution is 6.43. The van der Waals surface area contributed by atoms with Crippen molar-refractivity contribution in [2.24, 2.45) is 0 Å². The van der Waals surface area contributed by atoms with Crippen molar-refractivity contribution in [2.75, 3.05) is 11.4 Å². The maximum Gasteiger partial charge on any atom is 0.251 e. The Morgan fingerprint density at radius 2 is 2.07 bits per heavy atom. The number of phenolic OH excluding ortho intramolecular Hbond substituents is 1. The van der Waals surface area contributed by atoms with E-state index in [0.717, 1.165) is 0 Å². The largest absolute Gasteiger partial charge is 0.506 e. The number of carbonyl (C=O) groups is 1.